The first-order chi connectivity index (χ1) is 14.0. The van der Waals surface area contributed by atoms with E-state index in [1.165, 1.54) is 12.3 Å². The van der Waals surface area contributed by atoms with E-state index >= 15 is 0 Å². The summed E-state index contributed by atoms with van der Waals surface area (Å²) in [6, 6.07) is 7.76. The minimum atomic E-state index is -0.234. The van der Waals surface area contributed by atoms with Gasteiger partial charge in [-0.15, -0.1) is 0 Å². The summed E-state index contributed by atoms with van der Waals surface area (Å²) in [6.07, 6.45) is 6.21. The number of carbonyl (C=O) groups is 2. The Kier molecular flexibility index (Phi) is 5.33. The summed E-state index contributed by atoms with van der Waals surface area (Å²) in [5.74, 6) is -0.256. The highest BCUT2D eigenvalue weighted by molar-refractivity contribution is 5.95. The molecule has 2 heterocycles. The molecule has 1 aliphatic carbocycles. The summed E-state index contributed by atoms with van der Waals surface area (Å²) >= 11 is 0. The number of aromatic nitrogens is 3. The summed E-state index contributed by atoms with van der Waals surface area (Å²) < 4.78 is 6.67. The van der Waals surface area contributed by atoms with Gasteiger partial charge >= 0.3 is 0 Å². The Hall–Kier alpha value is -3.16. The maximum absolute atomic E-state index is 12.7. The highest BCUT2D eigenvalue weighted by atomic mass is 16.5. The Morgan fingerprint density at radius 1 is 1.17 bits per heavy atom. The van der Waals surface area contributed by atoms with Gasteiger partial charge < -0.3 is 15.2 Å². The number of hydrogen-bond acceptors (Lipinski definition) is 5. The quantitative estimate of drug-likeness (QED) is 0.688. The lowest BCUT2D eigenvalue weighted by Crippen LogP contribution is -2.39. The van der Waals surface area contributed by atoms with Crippen molar-refractivity contribution in [2.45, 2.75) is 51.6 Å². The molecule has 1 aromatic carbocycles. The van der Waals surface area contributed by atoms with E-state index in [-0.39, 0.29) is 35.5 Å². The number of nitrogens with one attached hydrogen (secondary N) is 2. The van der Waals surface area contributed by atoms with Gasteiger partial charge in [0.25, 0.3) is 5.91 Å². The van der Waals surface area contributed by atoms with Crippen molar-refractivity contribution in [1.82, 2.24) is 20.3 Å². The maximum Gasteiger partial charge on any atom is 0.273 e. The standard InChI is InChI=1S/C21H25N5O3/c1-13(2)26-19-8-7-17(11-15(19)12-22-26)24-20(27)14-3-5-16(6-4-14)23-21(28)18-9-10-29-25-18/h7-14,16H,3-6H2,1-2H3,(H,23,28)(H,24,27)/t14-,16+. The molecular weight excluding hydrogens is 370 g/mol. The molecule has 1 saturated carbocycles. The lowest BCUT2D eigenvalue weighted by molar-refractivity contribution is -0.120. The number of anilines is 1. The summed E-state index contributed by atoms with van der Waals surface area (Å²) in [6.45, 7) is 4.18. The molecule has 0 radical (unpaired) electrons. The van der Waals surface area contributed by atoms with Gasteiger partial charge in [0.2, 0.25) is 5.91 Å². The predicted molar refractivity (Wildman–Crippen MR) is 108 cm³/mol. The van der Waals surface area contributed by atoms with Crippen LogP contribution in [0.1, 0.15) is 56.1 Å². The first-order valence-corrected chi connectivity index (χ1v) is 10.0. The van der Waals surface area contributed by atoms with Gasteiger partial charge in [0.15, 0.2) is 5.69 Å². The third kappa shape index (κ3) is 4.16. The number of fused-ring (bicyclic) bond motifs is 1. The molecule has 152 valence electrons. The zero-order valence-corrected chi connectivity index (χ0v) is 16.6. The van der Waals surface area contributed by atoms with Crippen LogP contribution in [0.25, 0.3) is 10.9 Å². The second-order valence-electron chi connectivity index (χ2n) is 7.85. The topological polar surface area (TPSA) is 102 Å². The predicted octanol–water partition coefficient (Wildman–Crippen LogP) is 3.53. The van der Waals surface area contributed by atoms with Crippen LogP contribution < -0.4 is 10.6 Å². The van der Waals surface area contributed by atoms with Crippen LogP contribution in [0.3, 0.4) is 0 Å². The SMILES string of the molecule is CC(C)n1ncc2cc(NC(=O)[C@H]3CC[C@@H](NC(=O)c4ccon4)CC3)ccc21. The molecule has 4 rings (SSSR count). The van der Waals surface area contributed by atoms with E-state index in [1.807, 2.05) is 29.1 Å². The third-order valence-electron chi connectivity index (χ3n) is 5.46. The Balaban J connectivity index is 1.32. The molecule has 0 unspecified atom stereocenters. The van der Waals surface area contributed by atoms with Crippen LogP contribution in [0.15, 0.2) is 41.2 Å². The van der Waals surface area contributed by atoms with Crippen molar-refractivity contribution in [2.75, 3.05) is 5.32 Å². The Bertz CT molecular complexity index is 1000. The summed E-state index contributed by atoms with van der Waals surface area (Å²) in [4.78, 5) is 24.8. The molecule has 3 aromatic rings. The van der Waals surface area contributed by atoms with E-state index in [9.17, 15) is 9.59 Å². The largest absolute Gasteiger partial charge is 0.364 e. The molecule has 2 aromatic heterocycles. The van der Waals surface area contributed by atoms with Crippen molar-refractivity contribution >= 4 is 28.4 Å². The van der Waals surface area contributed by atoms with Crippen molar-refractivity contribution in [3.8, 4) is 0 Å². The van der Waals surface area contributed by atoms with Crippen molar-refractivity contribution < 1.29 is 14.1 Å². The fourth-order valence-electron chi connectivity index (χ4n) is 3.88. The third-order valence-corrected chi connectivity index (χ3v) is 5.46. The second-order valence-corrected chi connectivity index (χ2v) is 7.85. The second kappa shape index (κ2) is 8.06. The van der Waals surface area contributed by atoms with E-state index in [0.717, 1.165) is 42.3 Å². The Labute approximate surface area is 168 Å². The molecule has 29 heavy (non-hydrogen) atoms. The van der Waals surface area contributed by atoms with Gasteiger partial charge in [0, 0.05) is 35.1 Å². The molecule has 8 heteroatoms. The number of amides is 2. The van der Waals surface area contributed by atoms with E-state index in [4.69, 9.17) is 4.52 Å². The van der Waals surface area contributed by atoms with E-state index in [2.05, 4.69) is 34.7 Å². The molecule has 0 atom stereocenters. The van der Waals surface area contributed by atoms with Crippen molar-refractivity contribution in [3.63, 3.8) is 0 Å². The van der Waals surface area contributed by atoms with Gasteiger partial charge in [0.1, 0.15) is 6.26 Å². The molecule has 0 spiro atoms. The molecular formula is C21H25N5O3. The fraction of sp³-hybridized carbons (Fsp3) is 0.429. The van der Waals surface area contributed by atoms with Gasteiger partial charge in [-0.25, -0.2) is 0 Å². The molecule has 1 aliphatic rings. The van der Waals surface area contributed by atoms with Crippen molar-refractivity contribution in [3.05, 3.63) is 42.4 Å². The average molecular weight is 395 g/mol. The molecule has 1 fully saturated rings. The summed E-state index contributed by atoms with van der Waals surface area (Å²) in [5, 5.41) is 15.1. The van der Waals surface area contributed by atoms with Gasteiger partial charge in [-0.05, 0) is 57.7 Å². The zero-order valence-electron chi connectivity index (χ0n) is 16.6. The van der Waals surface area contributed by atoms with Crippen LogP contribution in [0.2, 0.25) is 0 Å². The smallest absolute Gasteiger partial charge is 0.273 e. The van der Waals surface area contributed by atoms with Crippen LogP contribution in [0.5, 0.6) is 0 Å². The van der Waals surface area contributed by atoms with Gasteiger partial charge in [-0.3, -0.25) is 14.3 Å². The first-order valence-electron chi connectivity index (χ1n) is 10.0. The lowest BCUT2D eigenvalue weighted by Gasteiger charge is -2.28. The number of nitrogens with zero attached hydrogens (tertiary/aromatic N) is 3. The normalized spacial score (nSPS) is 19.4. The highest BCUT2D eigenvalue weighted by Gasteiger charge is 2.27. The van der Waals surface area contributed by atoms with Crippen LogP contribution in [0, 0.1) is 5.92 Å². The fourth-order valence-corrected chi connectivity index (χ4v) is 3.88. The van der Waals surface area contributed by atoms with E-state index < -0.39 is 0 Å². The van der Waals surface area contributed by atoms with E-state index in [0.29, 0.717) is 0 Å². The van der Waals surface area contributed by atoms with Crippen LogP contribution in [-0.2, 0) is 4.79 Å². The van der Waals surface area contributed by atoms with E-state index in [1.54, 1.807) is 0 Å². The average Bonchev–Trinajstić information content (AvgIpc) is 3.38. The summed E-state index contributed by atoms with van der Waals surface area (Å²) in [7, 11) is 0. The Morgan fingerprint density at radius 3 is 2.66 bits per heavy atom. The molecule has 0 saturated heterocycles. The maximum atomic E-state index is 12.7. The lowest BCUT2D eigenvalue weighted by atomic mass is 9.85. The minimum Gasteiger partial charge on any atom is -0.364 e. The highest BCUT2D eigenvalue weighted by Crippen LogP contribution is 2.27. The minimum absolute atomic E-state index is 0.0295. The molecule has 8 nitrogen and oxygen atoms in total. The molecule has 0 bridgehead atoms. The zero-order chi connectivity index (χ0) is 20.4. The van der Waals surface area contributed by atoms with Crippen LogP contribution >= 0.6 is 0 Å². The van der Waals surface area contributed by atoms with Gasteiger partial charge in [-0.1, -0.05) is 5.16 Å². The Morgan fingerprint density at radius 2 is 1.97 bits per heavy atom. The summed E-state index contributed by atoms with van der Waals surface area (Å²) in [5.41, 5.74) is 2.12. The number of rotatable bonds is 5. The first kappa shape index (κ1) is 19.2. The van der Waals surface area contributed by atoms with Crippen molar-refractivity contribution in [1.29, 1.82) is 0 Å². The van der Waals surface area contributed by atoms with Crippen LogP contribution in [-0.4, -0.2) is 32.8 Å². The molecule has 2 amide bonds. The van der Waals surface area contributed by atoms with Gasteiger partial charge in [0.05, 0.1) is 11.7 Å². The van der Waals surface area contributed by atoms with Crippen molar-refractivity contribution in [2.24, 2.45) is 5.92 Å². The van der Waals surface area contributed by atoms with Gasteiger partial charge in [-0.2, -0.15) is 5.10 Å². The molecule has 0 aliphatic heterocycles. The van der Waals surface area contributed by atoms with Crippen LogP contribution in [0.4, 0.5) is 5.69 Å². The number of benzene rings is 1. The number of carbonyl (C=O) groups excluding carboxylic acids is 2. The number of hydrogen-bond donors (Lipinski definition) is 2. The monoisotopic (exact) mass is 395 g/mol. The molecule has 2 N–H and O–H groups in total.